The first-order valence-corrected chi connectivity index (χ1v) is 16.8. The van der Waals surface area contributed by atoms with Crippen molar-refractivity contribution in [3.63, 3.8) is 0 Å². The van der Waals surface area contributed by atoms with Gasteiger partial charge in [0.15, 0.2) is 11.6 Å². The average Bonchev–Trinajstić information content (AvgIpc) is 3.57. The summed E-state index contributed by atoms with van der Waals surface area (Å²) in [5.41, 5.74) is 0.913. The summed E-state index contributed by atoms with van der Waals surface area (Å²) in [5, 5.41) is 0. The van der Waals surface area contributed by atoms with Crippen molar-refractivity contribution in [2.45, 2.75) is 71.9 Å². The zero-order chi connectivity index (χ0) is 33.6. The Hall–Kier alpha value is -3.85. The third-order valence-electron chi connectivity index (χ3n) is 9.22. The van der Waals surface area contributed by atoms with Crippen LogP contribution in [0.3, 0.4) is 0 Å². The molecule has 1 heterocycles. The van der Waals surface area contributed by atoms with Gasteiger partial charge in [-0.15, -0.1) is 0 Å². The van der Waals surface area contributed by atoms with E-state index in [0.29, 0.717) is 42.1 Å². The van der Waals surface area contributed by atoms with Crippen molar-refractivity contribution in [1.29, 1.82) is 0 Å². The third kappa shape index (κ3) is 9.15. The lowest BCUT2D eigenvalue weighted by molar-refractivity contribution is -0.143. The summed E-state index contributed by atoms with van der Waals surface area (Å²) in [7, 11) is 0. The van der Waals surface area contributed by atoms with Crippen LogP contribution in [0.4, 0.5) is 18.9 Å². The van der Waals surface area contributed by atoms with E-state index in [2.05, 4.69) is 4.90 Å². The van der Waals surface area contributed by atoms with Crippen molar-refractivity contribution in [3.05, 3.63) is 95.3 Å². The molecule has 6 nitrogen and oxygen atoms in total. The van der Waals surface area contributed by atoms with Gasteiger partial charge in [0.1, 0.15) is 18.2 Å². The topological polar surface area (TPSA) is 53.1 Å². The number of amides is 2. The number of carbonyl (C=O) groups is 2. The van der Waals surface area contributed by atoms with E-state index in [-0.39, 0.29) is 30.3 Å². The van der Waals surface area contributed by atoms with Crippen LogP contribution in [0.5, 0.6) is 5.75 Å². The highest BCUT2D eigenvalue weighted by Gasteiger charge is 2.36. The molecule has 2 aliphatic rings. The number of hydrogen-bond acceptors (Lipinski definition) is 4. The highest BCUT2D eigenvalue weighted by Crippen LogP contribution is 2.34. The Morgan fingerprint density at radius 2 is 1.64 bits per heavy atom. The van der Waals surface area contributed by atoms with Crippen LogP contribution in [-0.2, 0) is 11.3 Å². The SMILES string of the molecule is CC(C)(C)C(=O)N(Cc1ccc(F)c(F)c1)C1CCCC(CN(C(=O)c2ccc(F)cc2)c2cccc(OCCN3CCCC3)c2)C1. The van der Waals surface area contributed by atoms with Crippen LogP contribution in [0, 0.1) is 28.8 Å². The molecule has 1 aliphatic carbocycles. The largest absolute Gasteiger partial charge is 0.492 e. The predicted octanol–water partition coefficient (Wildman–Crippen LogP) is 7.86. The van der Waals surface area contributed by atoms with Crippen LogP contribution in [-0.4, -0.2) is 60.4 Å². The van der Waals surface area contributed by atoms with Crippen molar-refractivity contribution in [2.75, 3.05) is 37.7 Å². The van der Waals surface area contributed by atoms with E-state index in [0.717, 1.165) is 51.0 Å². The number of likely N-dealkylation sites (tertiary alicyclic amines) is 1. The van der Waals surface area contributed by atoms with Gasteiger partial charge in [-0.05, 0) is 105 Å². The van der Waals surface area contributed by atoms with Crippen molar-refractivity contribution in [1.82, 2.24) is 9.80 Å². The van der Waals surface area contributed by atoms with Gasteiger partial charge >= 0.3 is 0 Å². The van der Waals surface area contributed by atoms with Gasteiger partial charge < -0.3 is 14.5 Å². The maximum absolute atomic E-state index is 14.1. The quantitative estimate of drug-likeness (QED) is 0.212. The first kappa shape index (κ1) is 34.5. The smallest absolute Gasteiger partial charge is 0.258 e. The third-order valence-corrected chi connectivity index (χ3v) is 9.22. The van der Waals surface area contributed by atoms with Crippen molar-refractivity contribution in [3.8, 4) is 5.75 Å². The van der Waals surface area contributed by atoms with Crippen molar-refractivity contribution < 1.29 is 27.5 Å². The maximum Gasteiger partial charge on any atom is 0.258 e. The molecule has 0 spiro atoms. The van der Waals surface area contributed by atoms with Crippen LogP contribution in [0.15, 0.2) is 66.7 Å². The van der Waals surface area contributed by atoms with Gasteiger partial charge in [0.05, 0.1) is 0 Å². The molecular weight excluding hydrogens is 603 g/mol. The molecule has 1 saturated heterocycles. The lowest BCUT2D eigenvalue weighted by Crippen LogP contribution is -2.48. The van der Waals surface area contributed by atoms with Gasteiger partial charge in [0.25, 0.3) is 5.91 Å². The van der Waals surface area contributed by atoms with Crippen molar-refractivity contribution in [2.24, 2.45) is 11.3 Å². The molecule has 1 aliphatic heterocycles. The Balaban J connectivity index is 1.37. The second kappa shape index (κ2) is 15.4. The Morgan fingerprint density at radius 1 is 0.894 bits per heavy atom. The lowest BCUT2D eigenvalue weighted by atomic mass is 9.82. The van der Waals surface area contributed by atoms with Crippen LogP contribution >= 0.6 is 0 Å². The lowest BCUT2D eigenvalue weighted by Gasteiger charge is -2.41. The van der Waals surface area contributed by atoms with E-state index >= 15 is 0 Å². The molecule has 2 unspecified atom stereocenters. The van der Waals surface area contributed by atoms with E-state index in [1.54, 1.807) is 9.80 Å². The van der Waals surface area contributed by atoms with Crippen LogP contribution < -0.4 is 9.64 Å². The summed E-state index contributed by atoms with van der Waals surface area (Å²) in [6.07, 6.45) is 5.55. The molecule has 0 N–H and O–H groups in total. The van der Waals surface area contributed by atoms with Gasteiger partial charge in [0, 0.05) is 48.4 Å². The number of carbonyl (C=O) groups excluding carboxylic acids is 2. The number of nitrogens with zero attached hydrogens (tertiary/aromatic N) is 3. The Labute approximate surface area is 276 Å². The van der Waals surface area contributed by atoms with E-state index in [1.165, 1.54) is 43.2 Å². The minimum atomic E-state index is -0.940. The van der Waals surface area contributed by atoms with Crippen LogP contribution in [0.2, 0.25) is 0 Å². The predicted molar refractivity (Wildman–Crippen MR) is 178 cm³/mol. The monoisotopic (exact) mass is 649 g/mol. The molecule has 2 amide bonds. The highest BCUT2D eigenvalue weighted by atomic mass is 19.2. The van der Waals surface area contributed by atoms with Gasteiger partial charge in [0.2, 0.25) is 5.91 Å². The minimum absolute atomic E-state index is 0.0538. The van der Waals surface area contributed by atoms with E-state index in [9.17, 15) is 22.8 Å². The fourth-order valence-corrected chi connectivity index (χ4v) is 6.70. The standard InChI is InChI=1S/C38H46F3N3O3/c1-38(2,3)37(46)44(26-28-12-17-34(40)35(41)23-28)31-9-6-8-27(22-31)25-43(36(45)29-13-15-30(39)16-14-29)32-10-7-11-33(24-32)47-21-20-42-18-4-5-19-42/h7,10-17,23-24,27,31H,4-6,8-9,18-22,25-26H2,1-3H3. The molecule has 47 heavy (non-hydrogen) atoms. The summed E-state index contributed by atoms with van der Waals surface area (Å²) in [4.78, 5) is 33.7. The van der Waals surface area contributed by atoms with Crippen LogP contribution in [0.1, 0.15) is 75.2 Å². The second-order valence-electron chi connectivity index (χ2n) is 13.9. The number of anilines is 1. The van der Waals surface area contributed by atoms with E-state index < -0.39 is 22.9 Å². The molecule has 9 heteroatoms. The highest BCUT2D eigenvalue weighted by molar-refractivity contribution is 6.06. The first-order chi connectivity index (χ1) is 22.5. The molecule has 0 radical (unpaired) electrons. The Morgan fingerprint density at radius 3 is 2.34 bits per heavy atom. The molecule has 0 bridgehead atoms. The number of halogens is 3. The average molecular weight is 650 g/mol. The molecule has 2 fully saturated rings. The van der Waals surface area contributed by atoms with Crippen LogP contribution in [0.25, 0.3) is 0 Å². The fraction of sp³-hybridized carbons (Fsp3) is 0.474. The molecule has 252 valence electrons. The van der Waals surface area contributed by atoms with Gasteiger partial charge in [-0.3, -0.25) is 14.5 Å². The van der Waals surface area contributed by atoms with E-state index in [1.807, 2.05) is 45.0 Å². The molecular formula is C38H46F3N3O3. The Bertz CT molecular complexity index is 1520. The molecule has 1 saturated carbocycles. The fourth-order valence-electron chi connectivity index (χ4n) is 6.70. The summed E-state index contributed by atoms with van der Waals surface area (Å²) in [6.45, 7) is 9.71. The van der Waals surface area contributed by atoms with Gasteiger partial charge in [-0.1, -0.05) is 39.3 Å². The molecule has 3 aromatic carbocycles. The number of ether oxygens (including phenoxy) is 1. The zero-order valence-electron chi connectivity index (χ0n) is 27.7. The van der Waals surface area contributed by atoms with Gasteiger partial charge in [-0.2, -0.15) is 0 Å². The summed E-state index contributed by atoms with van der Waals surface area (Å²) >= 11 is 0. The molecule has 2 atom stereocenters. The zero-order valence-corrected chi connectivity index (χ0v) is 27.7. The number of hydrogen-bond donors (Lipinski definition) is 0. The molecule has 5 rings (SSSR count). The maximum atomic E-state index is 14.1. The summed E-state index contributed by atoms with van der Waals surface area (Å²) in [5.74, 6) is -1.86. The van der Waals surface area contributed by atoms with E-state index in [4.69, 9.17) is 4.74 Å². The molecule has 0 aromatic heterocycles. The second-order valence-corrected chi connectivity index (χ2v) is 13.9. The normalized spacial score (nSPS) is 18.6. The first-order valence-electron chi connectivity index (χ1n) is 16.8. The summed E-state index contributed by atoms with van der Waals surface area (Å²) < 4.78 is 47.7. The molecule has 3 aromatic rings. The number of benzene rings is 3. The number of rotatable bonds is 11. The Kier molecular flexibility index (Phi) is 11.3. The van der Waals surface area contributed by atoms with Crippen molar-refractivity contribution >= 4 is 17.5 Å². The summed E-state index contributed by atoms with van der Waals surface area (Å²) in [6, 6.07) is 16.7. The van der Waals surface area contributed by atoms with Gasteiger partial charge in [-0.25, -0.2) is 13.2 Å². The minimum Gasteiger partial charge on any atom is -0.492 e.